The minimum atomic E-state index is -0.0497. The minimum Gasteiger partial charge on any atom is -0.389 e. The largest absolute Gasteiger partial charge is 0.389 e. The number of carbonyl (C=O) groups is 1. The van der Waals surface area contributed by atoms with Gasteiger partial charge in [0, 0.05) is 24.3 Å². The Morgan fingerprint density at radius 2 is 2.00 bits per heavy atom. The van der Waals surface area contributed by atoms with Crippen LogP contribution in [0.4, 0.5) is 5.69 Å². The molecule has 1 aromatic carbocycles. The monoisotopic (exact) mass is 294 g/mol. The predicted octanol–water partition coefficient (Wildman–Crippen LogP) is 0.753. The Morgan fingerprint density at radius 1 is 1.30 bits per heavy atom. The molecule has 20 heavy (non-hydrogen) atoms. The van der Waals surface area contributed by atoms with Crippen LogP contribution in [0.5, 0.6) is 0 Å². The van der Waals surface area contributed by atoms with Crippen molar-refractivity contribution in [3.05, 3.63) is 29.8 Å². The van der Waals surface area contributed by atoms with E-state index >= 15 is 0 Å². The van der Waals surface area contributed by atoms with Gasteiger partial charge in [-0.15, -0.1) is 0 Å². The smallest absolute Gasteiger partial charge is 0.238 e. The summed E-state index contributed by atoms with van der Waals surface area (Å²) in [5, 5.41) is 2.85. The molecule has 6 heteroatoms. The number of hydrogen-bond donors (Lipinski definition) is 2. The second-order valence-corrected chi connectivity index (χ2v) is 5.47. The standard InChI is InChI=1S/C14H22N4OS/c1-17(2)7-8-18(3)10-13(19)16-12-6-4-5-11(9-12)14(15)20/h4-6,9H,7-8,10H2,1-3H3,(H2,15,20)(H,16,19). The minimum absolute atomic E-state index is 0.0497. The first kappa shape index (κ1) is 16.6. The van der Waals surface area contributed by atoms with Crippen molar-refractivity contribution >= 4 is 28.8 Å². The van der Waals surface area contributed by atoms with Crippen LogP contribution in [-0.2, 0) is 4.79 Å². The second kappa shape index (κ2) is 7.94. The van der Waals surface area contributed by atoms with Crippen molar-refractivity contribution in [2.75, 3.05) is 46.1 Å². The zero-order chi connectivity index (χ0) is 15.1. The lowest BCUT2D eigenvalue weighted by Gasteiger charge is -2.18. The summed E-state index contributed by atoms with van der Waals surface area (Å²) in [5.41, 5.74) is 7.03. The van der Waals surface area contributed by atoms with Crippen LogP contribution in [0, 0.1) is 0 Å². The molecule has 3 N–H and O–H groups in total. The summed E-state index contributed by atoms with van der Waals surface area (Å²) in [4.78, 5) is 16.3. The van der Waals surface area contributed by atoms with Gasteiger partial charge >= 0.3 is 0 Å². The molecule has 0 unspecified atom stereocenters. The fraction of sp³-hybridized carbons (Fsp3) is 0.429. The van der Waals surface area contributed by atoms with E-state index in [9.17, 15) is 4.79 Å². The highest BCUT2D eigenvalue weighted by molar-refractivity contribution is 7.80. The van der Waals surface area contributed by atoms with E-state index in [1.807, 2.05) is 44.2 Å². The molecule has 0 aromatic heterocycles. The molecule has 0 saturated carbocycles. The van der Waals surface area contributed by atoms with Crippen molar-refractivity contribution in [1.29, 1.82) is 0 Å². The van der Waals surface area contributed by atoms with Gasteiger partial charge in [-0.25, -0.2) is 0 Å². The first-order chi connectivity index (χ1) is 9.38. The SMILES string of the molecule is CN(C)CCN(C)CC(=O)Nc1cccc(C(N)=S)c1. The van der Waals surface area contributed by atoms with Crippen molar-refractivity contribution in [2.45, 2.75) is 0 Å². The third-order valence-electron chi connectivity index (χ3n) is 2.77. The van der Waals surface area contributed by atoms with Crippen LogP contribution in [0.3, 0.4) is 0 Å². The highest BCUT2D eigenvalue weighted by Gasteiger charge is 2.07. The van der Waals surface area contributed by atoms with E-state index < -0.39 is 0 Å². The molecule has 0 aliphatic heterocycles. The molecular weight excluding hydrogens is 272 g/mol. The van der Waals surface area contributed by atoms with E-state index in [1.165, 1.54) is 0 Å². The number of nitrogens with one attached hydrogen (secondary N) is 1. The van der Waals surface area contributed by atoms with Gasteiger partial charge in [-0.3, -0.25) is 9.69 Å². The maximum Gasteiger partial charge on any atom is 0.238 e. The van der Waals surface area contributed by atoms with Crippen LogP contribution in [-0.4, -0.2) is 61.5 Å². The number of rotatable bonds is 7. The van der Waals surface area contributed by atoms with Crippen molar-refractivity contribution < 1.29 is 4.79 Å². The molecule has 110 valence electrons. The molecular formula is C14H22N4OS. The quantitative estimate of drug-likeness (QED) is 0.727. The second-order valence-electron chi connectivity index (χ2n) is 5.03. The Labute approximate surface area is 125 Å². The number of benzene rings is 1. The van der Waals surface area contributed by atoms with Crippen molar-refractivity contribution in [1.82, 2.24) is 9.80 Å². The Kier molecular flexibility index (Phi) is 6.57. The summed E-state index contributed by atoms with van der Waals surface area (Å²) in [5.74, 6) is -0.0497. The number of nitrogens with zero attached hydrogens (tertiary/aromatic N) is 2. The number of nitrogens with two attached hydrogens (primary N) is 1. The Morgan fingerprint density at radius 3 is 2.60 bits per heavy atom. The van der Waals surface area contributed by atoms with Crippen LogP contribution in [0.15, 0.2) is 24.3 Å². The predicted molar refractivity (Wildman–Crippen MR) is 87.0 cm³/mol. The lowest BCUT2D eigenvalue weighted by Crippen LogP contribution is -2.34. The van der Waals surface area contributed by atoms with E-state index in [0.717, 1.165) is 18.7 Å². The number of carbonyl (C=O) groups excluding carboxylic acids is 1. The van der Waals surface area contributed by atoms with Gasteiger partial charge in [-0.1, -0.05) is 24.4 Å². The molecule has 1 amide bonds. The van der Waals surface area contributed by atoms with E-state index in [1.54, 1.807) is 6.07 Å². The summed E-state index contributed by atoms with van der Waals surface area (Å²) in [6.45, 7) is 2.11. The first-order valence-corrected chi connectivity index (χ1v) is 6.82. The Bertz CT molecular complexity index is 476. The topological polar surface area (TPSA) is 61.6 Å². The number of thiocarbonyl (C=S) groups is 1. The molecule has 0 heterocycles. The molecule has 0 aliphatic carbocycles. The fourth-order valence-electron chi connectivity index (χ4n) is 1.65. The summed E-state index contributed by atoms with van der Waals surface area (Å²) in [7, 11) is 5.94. The third kappa shape index (κ3) is 6.10. The maximum absolute atomic E-state index is 11.9. The van der Waals surface area contributed by atoms with Gasteiger partial charge in [0.15, 0.2) is 0 Å². The number of anilines is 1. The first-order valence-electron chi connectivity index (χ1n) is 6.41. The molecule has 1 rings (SSSR count). The highest BCUT2D eigenvalue weighted by atomic mass is 32.1. The lowest BCUT2D eigenvalue weighted by atomic mass is 10.2. The van der Waals surface area contributed by atoms with Crippen molar-refractivity contribution in [2.24, 2.45) is 5.73 Å². The van der Waals surface area contributed by atoms with Crippen LogP contribution < -0.4 is 11.1 Å². The van der Waals surface area contributed by atoms with Crippen LogP contribution in [0.2, 0.25) is 0 Å². The highest BCUT2D eigenvalue weighted by Crippen LogP contribution is 2.10. The van der Waals surface area contributed by atoms with E-state index in [2.05, 4.69) is 10.2 Å². The lowest BCUT2D eigenvalue weighted by molar-refractivity contribution is -0.117. The normalized spacial score (nSPS) is 10.8. The van der Waals surface area contributed by atoms with Crippen LogP contribution in [0.1, 0.15) is 5.56 Å². The molecule has 0 spiro atoms. The number of hydrogen-bond acceptors (Lipinski definition) is 4. The molecule has 0 aliphatic rings. The Hall–Kier alpha value is -1.50. The molecule has 0 saturated heterocycles. The summed E-state index contributed by atoms with van der Waals surface area (Å²) < 4.78 is 0. The summed E-state index contributed by atoms with van der Waals surface area (Å²) >= 11 is 4.92. The fourth-order valence-corrected chi connectivity index (χ4v) is 1.77. The van der Waals surface area contributed by atoms with Gasteiger partial charge in [-0.2, -0.15) is 0 Å². The summed E-state index contributed by atoms with van der Waals surface area (Å²) in [6, 6.07) is 7.24. The molecule has 5 nitrogen and oxygen atoms in total. The van der Waals surface area contributed by atoms with Gasteiger partial charge in [-0.05, 0) is 33.3 Å². The van der Waals surface area contributed by atoms with Gasteiger partial charge in [0.2, 0.25) is 5.91 Å². The molecule has 0 atom stereocenters. The summed E-state index contributed by atoms with van der Waals surface area (Å²) in [6.07, 6.45) is 0. The van der Waals surface area contributed by atoms with E-state index in [4.69, 9.17) is 18.0 Å². The maximum atomic E-state index is 11.9. The van der Waals surface area contributed by atoms with Gasteiger partial charge in [0.05, 0.1) is 6.54 Å². The van der Waals surface area contributed by atoms with Crippen LogP contribution >= 0.6 is 12.2 Å². The zero-order valence-corrected chi connectivity index (χ0v) is 13.0. The van der Waals surface area contributed by atoms with Crippen LogP contribution in [0.25, 0.3) is 0 Å². The molecule has 1 aromatic rings. The van der Waals surface area contributed by atoms with E-state index in [-0.39, 0.29) is 5.91 Å². The van der Waals surface area contributed by atoms with Crippen molar-refractivity contribution in [3.63, 3.8) is 0 Å². The van der Waals surface area contributed by atoms with Gasteiger partial charge in [0.25, 0.3) is 0 Å². The van der Waals surface area contributed by atoms with Gasteiger partial charge in [0.1, 0.15) is 4.99 Å². The molecule has 0 bridgehead atoms. The molecule has 0 radical (unpaired) electrons. The number of amides is 1. The zero-order valence-electron chi connectivity index (χ0n) is 12.2. The average Bonchev–Trinajstić information content (AvgIpc) is 2.36. The number of likely N-dealkylation sites (N-methyl/N-ethyl adjacent to an activating group) is 2. The Balaban J connectivity index is 2.49. The van der Waals surface area contributed by atoms with E-state index in [0.29, 0.717) is 17.2 Å². The van der Waals surface area contributed by atoms with Crippen molar-refractivity contribution in [3.8, 4) is 0 Å². The molecule has 0 fully saturated rings. The third-order valence-corrected chi connectivity index (χ3v) is 3.01. The van der Waals surface area contributed by atoms with Gasteiger partial charge < -0.3 is 16.0 Å². The average molecular weight is 294 g/mol.